The molecule has 0 aliphatic carbocycles. The number of rotatable bonds is 7. The smallest absolute Gasteiger partial charge is 0.0417 e. The molecule has 0 saturated heterocycles. The van der Waals surface area contributed by atoms with Gasteiger partial charge in [-0.3, -0.25) is 0 Å². The van der Waals surface area contributed by atoms with E-state index >= 15 is 0 Å². The van der Waals surface area contributed by atoms with Gasteiger partial charge in [-0.05, 0) is 37.1 Å². The average Bonchev–Trinajstić information content (AvgIpc) is 2.24. The highest BCUT2D eigenvalue weighted by Gasteiger charge is 2.04. The first-order chi connectivity index (χ1) is 8.08. The fraction of sp³-hybridized carbons (Fsp3) is 0.571. The number of thioether (sulfide) groups is 1. The summed E-state index contributed by atoms with van der Waals surface area (Å²) in [6.45, 7) is 8.91. The lowest BCUT2D eigenvalue weighted by molar-refractivity contribution is 0.539. The van der Waals surface area contributed by atoms with Crippen LogP contribution in [0.2, 0.25) is 5.02 Å². The van der Waals surface area contributed by atoms with Gasteiger partial charge in [-0.2, -0.15) is 0 Å². The Hall–Kier alpha value is -0.180. The third-order valence-corrected chi connectivity index (χ3v) is 3.79. The third-order valence-electron chi connectivity index (χ3n) is 2.46. The van der Waals surface area contributed by atoms with E-state index in [9.17, 15) is 0 Å². The second-order valence-electron chi connectivity index (χ2n) is 4.77. The van der Waals surface area contributed by atoms with Crippen LogP contribution in [0.1, 0.15) is 27.2 Å². The molecular weight excluding hydrogens is 250 g/mol. The average molecular weight is 272 g/mol. The van der Waals surface area contributed by atoms with Crippen molar-refractivity contribution in [3.05, 3.63) is 29.3 Å². The molecule has 17 heavy (non-hydrogen) atoms. The van der Waals surface area contributed by atoms with Crippen molar-refractivity contribution in [1.82, 2.24) is 5.32 Å². The molecule has 0 amide bonds. The summed E-state index contributed by atoms with van der Waals surface area (Å²) in [6.07, 6.45) is 1.24. The van der Waals surface area contributed by atoms with E-state index in [0.717, 1.165) is 24.0 Å². The molecule has 1 aromatic rings. The zero-order valence-electron chi connectivity index (χ0n) is 10.9. The summed E-state index contributed by atoms with van der Waals surface area (Å²) in [4.78, 5) is 1.25. The van der Waals surface area contributed by atoms with E-state index in [1.807, 2.05) is 30.0 Å². The second kappa shape index (κ2) is 8.02. The maximum atomic E-state index is 5.96. The van der Waals surface area contributed by atoms with Gasteiger partial charge < -0.3 is 5.32 Å². The lowest BCUT2D eigenvalue weighted by Gasteiger charge is -2.13. The summed E-state index contributed by atoms with van der Waals surface area (Å²) < 4.78 is 0. The minimum Gasteiger partial charge on any atom is -0.316 e. The Bertz CT molecular complexity index is 328. The summed E-state index contributed by atoms with van der Waals surface area (Å²) in [5.41, 5.74) is 0. The van der Waals surface area contributed by atoms with Crippen molar-refractivity contribution in [1.29, 1.82) is 0 Å². The Morgan fingerprint density at radius 3 is 2.71 bits per heavy atom. The number of halogens is 1. The molecule has 0 spiro atoms. The Labute approximate surface area is 114 Å². The first kappa shape index (κ1) is 14.9. The molecule has 0 radical (unpaired) electrons. The van der Waals surface area contributed by atoms with Gasteiger partial charge in [-0.1, -0.05) is 38.4 Å². The zero-order valence-corrected chi connectivity index (χ0v) is 12.4. The molecule has 0 aliphatic heterocycles. The van der Waals surface area contributed by atoms with Crippen molar-refractivity contribution in [2.75, 3.05) is 13.1 Å². The minimum atomic E-state index is 0.570. The zero-order chi connectivity index (χ0) is 12.7. The van der Waals surface area contributed by atoms with E-state index < -0.39 is 0 Å². The molecule has 0 fully saturated rings. The summed E-state index contributed by atoms with van der Waals surface area (Å²) in [7, 11) is 0. The van der Waals surface area contributed by atoms with Crippen molar-refractivity contribution >= 4 is 23.4 Å². The number of hydrogen-bond donors (Lipinski definition) is 1. The SMILES string of the molecule is CC(C)CCNCC(C)Sc1cccc(Cl)c1. The molecule has 96 valence electrons. The second-order valence-corrected chi connectivity index (χ2v) is 6.72. The van der Waals surface area contributed by atoms with E-state index in [1.165, 1.54) is 11.3 Å². The molecular formula is C14H22ClNS. The summed E-state index contributed by atoms with van der Waals surface area (Å²) >= 11 is 7.83. The number of nitrogens with one attached hydrogen (secondary N) is 1. The molecule has 0 saturated carbocycles. The molecule has 3 heteroatoms. The Morgan fingerprint density at radius 2 is 2.06 bits per heavy atom. The Kier molecular flexibility index (Phi) is 7.02. The molecule has 0 aliphatic rings. The van der Waals surface area contributed by atoms with Crippen LogP contribution >= 0.6 is 23.4 Å². The van der Waals surface area contributed by atoms with Gasteiger partial charge in [0.2, 0.25) is 0 Å². The summed E-state index contributed by atoms with van der Waals surface area (Å²) in [5.74, 6) is 0.776. The van der Waals surface area contributed by atoms with Crippen LogP contribution < -0.4 is 5.32 Å². The van der Waals surface area contributed by atoms with Crippen LogP contribution in [-0.2, 0) is 0 Å². The topological polar surface area (TPSA) is 12.0 Å². The van der Waals surface area contributed by atoms with Crippen molar-refractivity contribution in [2.24, 2.45) is 5.92 Å². The van der Waals surface area contributed by atoms with Gasteiger partial charge in [-0.25, -0.2) is 0 Å². The lowest BCUT2D eigenvalue weighted by atomic mass is 10.1. The molecule has 1 rings (SSSR count). The van der Waals surface area contributed by atoms with E-state index in [4.69, 9.17) is 11.6 Å². The number of hydrogen-bond acceptors (Lipinski definition) is 2. The fourth-order valence-corrected chi connectivity index (χ4v) is 2.78. The van der Waals surface area contributed by atoms with Crippen molar-refractivity contribution in [3.8, 4) is 0 Å². The van der Waals surface area contributed by atoms with Crippen molar-refractivity contribution in [2.45, 2.75) is 37.3 Å². The van der Waals surface area contributed by atoms with Crippen LogP contribution in [0, 0.1) is 5.92 Å². The van der Waals surface area contributed by atoms with Crippen LogP contribution in [-0.4, -0.2) is 18.3 Å². The molecule has 0 bridgehead atoms. The summed E-state index contributed by atoms with van der Waals surface area (Å²) in [5, 5.41) is 4.88. The lowest BCUT2D eigenvalue weighted by Crippen LogP contribution is -2.24. The highest BCUT2D eigenvalue weighted by atomic mass is 35.5. The minimum absolute atomic E-state index is 0.570. The molecule has 1 nitrogen and oxygen atoms in total. The predicted molar refractivity (Wildman–Crippen MR) is 79.1 cm³/mol. The van der Waals surface area contributed by atoms with Crippen LogP contribution in [0.15, 0.2) is 29.2 Å². The molecule has 1 unspecified atom stereocenters. The van der Waals surface area contributed by atoms with Crippen LogP contribution in [0.5, 0.6) is 0 Å². The molecule has 0 aromatic heterocycles. The highest BCUT2D eigenvalue weighted by molar-refractivity contribution is 8.00. The Balaban J connectivity index is 2.23. The quantitative estimate of drug-likeness (QED) is 0.581. The van der Waals surface area contributed by atoms with Gasteiger partial charge in [0.25, 0.3) is 0 Å². The Morgan fingerprint density at radius 1 is 1.29 bits per heavy atom. The normalized spacial score (nSPS) is 13.0. The van der Waals surface area contributed by atoms with Gasteiger partial charge in [0, 0.05) is 21.7 Å². The van der Waals surface area contributed by atoms with Crippen LogP contribution in [0.4, 0.5) is 0 Å². The van der Waals surface area contributed by atoms with E-state index in [1.54, 1.807) is 0 Å². The van der Waals surface area contributed by atoms with Gasteiger partial charge in [0.15, 0.2) is 0 Å². The van der Waals surface area contributed by atoms with E-state index in [2.05, 4.69) is 32.2 Å². The standard InChI is InChI=1S/C14H22ClNS/c1-11(2)7-8-16-10-12(3)17-14-6-4-5-13(15)9-14/h4-6,9,11-12,16H,7-8,10H2,1-3H3. The molecule has 1 aromatic carbocycles. The highest BCUT2D eigenvalue weighted by Crippen LogP contribution is 2.25. The molecule has 1 atom stereocenters. The van der Waals surface area contributed by atoms with Gasteiger partial charge >= 0.3 is 0 Å². The third kappa shape index (κ3) is 6.97. The number of benzene rings is 1. The van der Waals surface area contributed by atoms with Crippen molar-refractivity contribution in [3.63, 3.8) is 0 Å². The maximum absolute atomic E-state index is 5.96. The first-order valence-electron chi connectivity index (χ1n) is 6.21. The molecule has 0 heterocycles. The molecule has 1 N–H and O–H groups in total. The van der Waals surface area contributed by atoms with Crippen LogP contribution in [0.3, 0.4) is 0 Å². The maximum Gasteiger partial charge on any atom is 0.0417 e. The van der Waals surface area contributed by atoms with Crippen LogP contribution in [0.25, 0.3) is 0 Å². The largest absolute Gasteiger partial charge is 0.316 e. The van der Waals surface area contributed by atoms with Gasteiger partial charge in [0.05, 0.1) is 0 Å². The summed E-state index contributed by atoms with van der Waals surface area (Å²) in [6, 6.07) is 8.05. The van der Waals surface area contributed by atoms with E-state index in [-0.39, 0.29) is 0 Å². The van der Waals surface area contributed by atoms with E-state index in [0.29, 0.717) is 5.25 Å². The monoisotopic (exact) mass is 271 g/mol. The first-order valence-corrected chi connectivity index (χ1v) is 7.46. The fourth-order valence-electron chi connectivity index (χ4n) is 1.51. The van der Waals surface area contributed by atoms with Gasteiger partial charge in [0.1, 0.15) is 0 Å². The van der Waals surface area contributed by atoms with Gasteiger partial charge in [-0.15, -0.1) is 11.8 Å². The van der Waals surface area contributed by atoms with Crippen molar-refractivity contribution < 1.29 is 0 Å². The predicted octanol–water partition coefficient (Wildman–Crippen LogP) is 4.46.